The Morgan fingerprint density at radius 2 is 1.85 bits per heavy atom. The molecule has 2 aromatic rings. The zero-order valence-electron chi connectivity index (χ0n) is 18.4. The third-order valence-corrected chi connectivity index (χ3v) is 5.93. The molecular weight excluding hydrogens is 458 g/mol. The summed E-state index contributed by atoms with van der Waals surface area (Å²) in [5, 5.41) is 4.98. The quantitative estimate of drug-likeness (QED) is 0.529. The Hall–Kier alpha value is -3.79. The molecule has 0 unspecified atom stereocenters. The summed E-state index contributed by atoms with van der Waals surface area (Å²) in [6, 6.07) is 14.0. The lowest BCUT2D eigenvalue weighted by Crippen LogP contribution is -2.36. The van der Waals surface area contributed by atoms with Crippen LogP contribution in [0.5, 0.6) is 11.5 Å². The van der Waals surface area contributed by atoms with Crippen LogP contribution in [-0.4, -0.2) is 54.2 Å². The van der Waals surface area contributed by atoms with Crippen molar-refractivity contribution < 1.29 is 28.7 Å². The number of hydrogen-bond acceptors (Lipinski definition) is 7. The van der Waals surface area contributed by atoms with Gasteiger partial charge in [0.05, 0.1) is 12.0 Å². The Kier molecular flexibility index (Phi) is 7.17. The van der Waals surface area contributed by atoms with Crippen molar-refractivity contribution in [1.82, 2.24) is 10.2 Å². The predicted octanol–water partition coefficient (Wildman–Crippen LogP) is 3.03. The number of benzene rings is 2. The Labute approximate surface area is 200 Å². The van der Waals surface area contributed by atoms with Gasteiger partial charge >= 0.3 is 0 Å². The maximum absolute atomic E-state index is 12.7. The molecule has 1 aliphatic carbocycles. The summed E-state index contributed by atoms with van der Waals surface area (Å²) in [4.78, 5) is 50.3. The number of ether oxygens (including phenoxy) is 2. The van der Waals surface area contributed by atoms with Gasteiger partial charge < -0.3 is 20.1 Å². The van der Waals surface area contributed by atoms with Crippen LogP contribution in [0.1, 0.15) is 18.4 Å². The van der Waals surface area contributed by atoms with Crippen LogP contribution in [-0.2, 0) is 14.4 Å². The van der Waals surface area contributed by atoms with E-state index in [1.165, 1.54) is 7.11 Å². The first-order valence-corrected chi connectivity index (χ1v) is 11.4. The molecule has 0 radical (unpaired) electrons. The highest BCUT2D eigenvalue weighted by atomic mass is 32.2. The second kappa shape index (κ2) is 10.4. The Morgan fingerprint density at radius 3 is 2.56 bits per heavy atom. The van der Waals surface area contributed by atoms with Gasteiger partial charge in [-0.15, -0.1) is 0 Å². The highest BCUT2D eigenvalue weighted by Gasteiger charge is 2.36. The van der Waals surface area contributed by atoms with Gasteiger partial charge in [-0.1, -0.05) is 24.3 Å². The van der Waals surface area contributed by atoms with E-state index in [0.717, 1.165) is 29.5 Å². The van der Waals surface area contributed by atoms with E-state index < -0.39 is 17.1 Å². The molecule has 4 rings (SSSR count). The molecule has 0 aromatic heterocycles. The third kappa shape index (κ3) is 5.96. The minimum Gasteiger partial charge on any atom is -0.493 e. The maximum atomic E-state index is 12.7. The van der Waals surface area contributed by atoms with Crippen molar-refractivity contribution >= 4 is 46.5 Å². The minimum atomic E-state index is -0.547. The van der Waals surface area contributed by atoms with Crippen molar-refractivity contribution in [2.24, 2.45) is 0 Å². The van der Waals surface area contributed by atoms with Gasteiger partial charge in [0.25, 0.3) is 17.1 Å². The van der Waals surface area contributed by atoms with Gasteiger partial charge in [0.15, 0.2) is 18.1 Å². The maximum Gasteiger partial charge on any atom is 0.294 e. The molecule has 9 nitrogen and oxygen atoms in total. The number of nitrogens with one attached hydrogen (secondary N) is 2. The molecule has 176 valence electrons. The molecule has 1 heterocycles. The van der Waals surface area contributed by atoms with E-state index in [-0.39, 0.29) is 30.0 Å². The van der Waals surface area contributed by atoms with E-state index in [2.05, 4.69) is 10.6 Å². The van der Waals surface area contributed by atoms with E-state index >= 15 is 0 Å². The molecule has 1 saturated carbocycles. The van der Waals surface area contributed by atoms with E-state index in [9.17, 15) is 19.2 Å². The standard InChI is InChI=1S/C24H23N3O6S/c1-32-19-11-15(7-10-18(19)33-14-22(29)26-17-8-9-17)12-20-23(30)27(24(31)34-20)13-21(28)25-16-5-3-2-4-6-16/h2-7,10-12,17H,8-9,13-14H2,1H3,(H,25,28)(H,26,29)/b20-12-. The molecule has 34 heavy (non-hydrogen) atoms. The number of carbonyl (C=O) groups excluding carboxylic acids is 4. The fraction of sp³-hybridized carbons (Fsp3) is 0.250. The molecule has 2 aliphatic rings. The molecule has 0 spiro atoms. The SMILES string of the molecule is COc1cc(/C=C2\SC(=O)N(CC(=O)Nc3ccccc3)C2=O)ccc1OCC(=O)NC1CC1. The average Bonchev–Trinajstić information content (AvgIpc) is 3.60. The van der Waals surface area contributed by atoms with E-state index in [0.29, 0.717) is 22.7 Å². The van der Waals surface area contributed by atoms with Crippen LogP contribution in [0.4, 0.5) is 10.5 Å². The number of rotatable bonds is 9. The number of methoxy groups -OCH3 is 1. The van der Waals surface area contributed by atoms with E-state index in [1.54, 1.807) is 48.5 Å². The smallest absolute Gasteiger partial charge is 0.294 e. The van der Waals surface area contributed by atoms with Crippen LogP contribution in [0.15, 0.2) is 53.4 Å². The number of thioether (sulfide) groups is 1. The Morgan fingerprint density at radius 1 is 1.09 bits per heavy atom. The molecule has 1 saturated heterocycles. The molecule has 2 fully saturated rings. The molecule has 2 aromatic carbocycles. The van der Waals surface area contributed by atoms with Crippen molar-refractivity contribution in [3.63, 3.8) is 0 Å². The first-order valence-electron chi connectivity index (χ1n) is 10.6. The summed E-state index contributed by atoms with van der Waals surface area (Å²) in [5.41, 5.74) is 1.18. The van der Waals surface area contributed by atoms with Crippen LogP contribution in [0.25, 0.3) is 6.08 Å². The Bertz CT molecular complexity index is 1150. The molecule has 1 aliphatic heterocycles. The van der Waals surface area contributed by atoms with Gasteiger partial charge in [0, 0.05) is 11.7 Å². The van der Waals surface area contributed by atoms with Gasteiger partial charge in [-0.25, -0.2) is 0 Å². The number of para-hydroxylation sites is 1. The summed E-state index contributed by atoms with van der Waals surface area (Å²) < 4.78 is 10.9. The lowest BCUT2D eigenvalue weighted by Gasteiger charge is -2.12. The van der Waals surface area contributed by atoms with Crippen molar-refractivity contribution in [2.45, 2.75) is 18.9 Å². The molecule has 2 N–H and O–H groups in total. The van der Waals surface area contributed by atoms with Crippen LogP contribution >= 0.6 is 11.8 Å². The van der Waals surface area contributed by atoms with Crippen LogP contribution in [0.2, 0.25) is 0 Å². The fourth-order valence-corrected chi connectivity index (χ4v) is 4.03. The summed E-state index contributed by atoms with van der Waals surface area (Å²) >= 11 is 0.762. The summed E-state index contributed by atoms with van der Waals surface area (Å²) in [6.45, 7) is -0.508. The minimum absolute atomic E-state index is 0.129. The monoisotopic (exact) mass is 481 g/mol. The first-order chi connectivity index (χ1) is 16.4. The van der Waals surface area contributed by atoms with Crippen molar-refractivity contribution in [2.75, 3.05) is 25.6 Å². The van der Waals surface area contributed by atoms with E-state index in [1.807, 2.05) is 6.07 Å². The van der Waals surface area contributed by atoms with Crippen molar-refractivity contribution in [3.05, 3.63) is 59.0 Å². The van der Waals surface area contributed by atoms with Crippen molar-refractivity contribution in [1.29, 1.82) is 0 Å². The summed E-state index contributed by atoms with van der Waals surface area (Å²) in [7, 11) is 1.47. The number of carbonyl (C=O) groups is 4. The van der Waals surface area contributed by atoms with Gasteiger partial charge in [0.2, 0.25) is 5.91 Å². The molecular formula is C24H23N3O6S. The third-order valence-electron chi connectivity index (χ3n) is 5.02. The van der Waals surface area contributed by atoms with Gasteiger partial charge in [-0.2, -0.15) is 0 Å². The summed E-state index contributed by atoms with van der Waals surface area (Å²) in [6.07, 6.45) is 3.53. The topological polar surface area (TPSA) is 114 Å². The largest absolute Gasteiger partial charge is 0.493 e. The molecule has 10 heteroatoms. The van der Waals surface area contributed by atoms with Gasteiger partial charge in [0.1, 0.15) is 6.54 Å². The van der Waals surface area contributed by atoms with Crippen molar-refractivity contribution in [3.8, 4) is 11.5 Å². The second-order valence-corrected chi connectivity index (χ2v) is 8.72. The lowest BCUT2D eigenvalue weighted by molar-refractivity contribution is -0.127. The molecule has 0 bridgehead atoms. The number of hydrogen-bond donors (Lipinski definition) is 2. The number of anilines is 1. The lowest BCUT2D eigenvalue weighted by atomic mass is 10.2. The van der Waals surface area contributed by atoms with Crippen LogP contribution in [0, 0.1) is 0 Å². The highest BCUT2D eigenvalue weighted by molar-refractivity contribution is 8.18. The average molecular weight is 482 g/mol. The Balaban J connectivity index is 1.39. The zero-order valence-corrected chi connectivity index (χ0v) is 19.2. The zero-order chi connectivity index (χ0) is 24.1. The fourth-order valence-electron chi connectivity index (χ4n) is 3.19. The molecule has 4 amide bonds. The predicted molar refractivity (Wildman–Crippen MR) is 127 cm³/mol. The van der Waals surface area contributed by atoms with Crippen LogP contribution < -0.4 is 20.1 Å². The first kappa shape index (κ1) is 23.4. The molecule has 0 atom stereocenters. The number of amides is 4. The van der Waals surface area contributed by atoms with E-state index in [4.69, 9.17) is 9.47 Å². The van der Waals surface area contributed by atoms with Gasteiger partial charge in [-0.3, -0.25) is 24.1 Å². The normalized spacial score (nSPS) is 16.5. The second-order valence-electron chi connectivity index (χ2n) is 7.72. The van der Waals surface area contributed by atoms with Crippen LogP contribution in [0.3, 0.4) is 0 Å². The summed E-state index contributed by atoms with van der Waals surface area (Å²) in [5.74, 6) is -0.442. The number of nitrogens with zero attached hydrogens (tertiary/aromatic N) is 1. The van der Waals surface area contributed by atoms with Gasteiger partial charge in [-0.05, 0) is 60.5 Å². The highest BCUT2D eigenvalue weighted by Crippen LogP contribution is 2.34. The number of imide groups is 1.